The van der Waals surface area contributed by atoms with Gasteiger partial charge in [-0.25, -0.2) is 0 Å². The number of rotatable bonds is 2. The fourth-order valence-corrected chi connectivity index (χ4v) is 2.46. The first-order valence-corrected chi connectivity index (χ1v) is 6.10. The zero-order chi connectivity index (χ0) is 11.9. The van der Waals surface area contributed by atoms with Crippen LogP contribution in [-0.2, 0) is 4.79 Å². The molecule has 1 amide bonds. The van der Waals surface area contributed by atoms with Gasteiger partial charge in [0.1, 0.15) is 5.54 Å². The van der Waals surface area contributed by atoms with Crippen LogP contribution in [0.1, 0.15) is 40.5 Å². The van der Waals surface area contributed by atoms with Crippen LogP contribution in [0.5, 0.6) is 0 Å². The summed E-state index contributed by atoms with van der Waals surface area (Å²) in [5, 5.41) is 6.10. The van der Waals surface area contributed by atoms with E-state index in [1.807, 2.05) is 13.8 Å². The summed E-state index contributed by atoms with van der Waals surface area (Å²) in [6.45, 7) is 8.44. The standard InChI is InChI=1S/C12H21N3O/c1-7(2)9-5-12(6-9)10(16)14-11(15-12)13-8(3)4/h7-9H,5-6H2,1-4H3,(H2,13,14,15,16). The van der Waals surface area contributed by atoms with Gasteiger partial charge in [-0.05, 0) is 38.5 Å². The lowest BCUT2D eigenvalue weighted by Crippen LogP contribution is -2.58. The van der Waals surface area contributed by atoms with Gasteiger partial charge in [-0.15, -0.1) is 0 Å². The van der Waals surface area contributed by atoms with Crippen molar-refractivity contribution in [2.45, 2.75) is 52.1 Å². The quantitative estimate of drug-likeness (QED) is 0.741. The summed E-state index contributed by atoms with van der Waals surface area (Å²) in [4.78, 5) is 16.2. The van der Waals surface area contributed by atoms with Gasteiger partial charge in [0.05, 0.1) is 0 Å². The lowest BCUT2D eigenvalue weighted by molar-refractivity contribution is -0.129. The van der Waals surface area contributed by atoms with E-state index in [9.17, 15) is 4.79 Å². The smallest absolute Gasteiger partial charge is 0.252 e. The van der Waals surface area contributed by atoms with Crippen LogP contribution in [0, 0.1) is 11.8 Å². The molecular weight excluding hydrogens is 202 g/mol. The fourth-order valence-electron chi connectivity index (χ4n) is 2.46. The Morgan fingerprint density at radius 2 is 1.94 bits per heavy atom. The number of nitrogens with one attached hydrogen (secondary N) is 2. The molecule has 16 heavy (non-hydrogen) atoms. The van der Waals surface area contributed by atoms with Crippen molar-refractivity contribution in [1.29, 1.82) is 0 Å². The Balaban J connectivity index is 2.02. The van der Waals surface area contributed by atoms with Crippen LogP contribution >= 0.6 is 0 Å². The second kappa shape index (κ2) is 3.75. The van der Waals surface area contributed by atoms with Gasteiger partial charge in [-0.3, -0.25) is 15.1 Å². The molecule has 1 aliphatic heterocycles. The van der Waals surface area contributed by atoms with Gasteiger partial charge < -0.3 is 5.32 Å². The van der Waals surface area contributed by atoms with Crippen molar-refractivity contribution in [3.05, 3.63) is 0 Å². The van der Waals surface area contributed by atoms with Crippen molar-refractivity contribution in [2.24, 2.45) is 16.8 Å². The summed E-state index contributed by atoms with van der Waals surface area (Å²) >= 11 is 0. The van der Waals surface area contributed by atoms with Gasteiger partial charge in [-0.2, -0.15) is 0 Å². The molecule has 1 heterocycles. The minimum absolute atomic E-state index is 0.101. The number of aliphatic imine (C=N–C) groups is 1. The second-order valence-corrected chi connectivity index (χ2v) is 5.65. The lowest BCUT2D eigenvalue weighted by Gasteiger charge is -2.44. The van der Waals surface area contributed by atoms with E-state index in [1.54, 1.807) is 0 Å². The maximum Gasteiger partial charge on any atom is 0.252 e. The highest BCUT2D eigenvalue weighted by atomic mass is 16.2. The van der Waals surface area contributed by atoms with Crippen LogP contribution in [0.4, 0.5) is 0 Å². The summed E-state index contributed by atoms with van der Waals surface area (Å²) in [5.74, 6) is 2.08. The van der Waals surface area contributed by atoms with Crippen molar-refractivity contribution in [2.75, 3.05) is 0 Å². The van der Waals surface area contributed by atoms with E-state index in [1.165, 1.54) is 0 Å². The zero-order valence-electron chi connectivity index (χ0n) is 10.5. The monoisotopic (exact) mass is 223 g/mol. The SMILES string of the molecule is CC(C)N=C1NC(=O)C2(CC(C(C)C)C2)N1. The number of carbonyl (C=O) groups is 1. The highest BCUT2D eigenvalue weighted by molar-refractivity contribution is 6.09. The molecule has 1 spiro atoms. The largest absolute Gasteiger partial charge is 0.342 e. The zero-order valence-corrected chi connectivity index (χ0v) is 10.5. The van der Waals surface area contributed by atoms with Crippen LogP contribution in [0.2, 0.25) is 0 Å². The van der Waals surface area contributed by atoms with Crippen LogP contribution in [-0.4, -0.2) is 23.4 Å². The highest BCUT2D eigenvalue weighted by Gasteiger charge is 2.54. The predicted molar refractivity (Wildman–Crippen MR) is 64.1 cm³/mol. The van der Waals surface area contributed by atoms with Crippen LogP contribution < -0.4 is 10.6 Å². The van der Waals surface area contributed by atoms with E-state index in [4.69, 9.17) is 0 Å². The molecule has 2 aliphatic rings. The molecule has 0 aromatic heterocycles. The summed E-state index contributed by atoms with van der Waals surface area (Å²) in [6.07, 6.45) is 1.88. The minimum atomic E-state index is -0.345. The van der Waals surface area contributed by atoms with Gasteiger partial charge in [0.25, 0.3) is 5.91 Å². The first kappa shape index (κ1) is 11.4. The molecular formula is C12H21N3O. The molecule has 0 aromatic rings. The molecule has 2 rings (SSSR count). The van der Waals surface area contributed by atoms with Gasteiger partial charge in [-0.1, -0.05) is 13.8 Å². The summed E-state index contributed by atoms with van der Waals surface area (Å²) in [6, 6.07) is 0.207. The number of nitrogens with zero attached hydrogens (tertiary/aromatic N) is 1. The van der Waals surface area contributed by atoms with Gasteiger partial charge in [0.2, 0.25) is 0 Å². The second-order valence-electron chi connectivity index (χ2n) is 5.65. The number of hydrogen-bond donors (Lipinski definition) is 2. The first-order valence-electron chi connectivity index (χ1n) is 6.10. The van der Waals surface area contributed by atoms with Gasteiger partial charge >= 0.3 is 0 Å². The Bertz CT molecular complexity index is 327. The number of guanidine groups is 1. The Morgan fingerprint density at radius 1 is 1.31 bits per heavy atom. The summed E-state index contributed by atoms with van der Waals surface area (Å²) < 4.78 is 0. The normalized spacial score (nSPS) is 35.8. The van der Waals surface area contributed by atoms with Gasteiger partial charge in [0, 0.05) is 6.04 Å². The lowest BCUT2D eigenvalue weighted by atomic mass is 9.64. The van der Waals surface area contributed by atoms with Crippen LogP contribution in [0.3, 0.4) is 0 Å². The average Bonchev–Trinajstić information content (AvgIpc) is 2.37. The van der Waals surface area contributed by atoms with Crippen molar-refractivity contribution < 1.29 is 4.79 Å². The van der Waals surface area contributed by atoms with Crippen molar-refractivity contribution >= 4 is 11.9 Å². The van der Waals surface area contributed by atoms with Crippen LogP contribution in [0.25, 0.3) is 0 Å². The molecule has 0 aromatic carbocycles. The Hall–Kier alpha value is -1.06. The highest BCUT2D eigenvalue weighted by Crippen LogP contribution is 2.43. The fraction of sp³-hybridized carbons (Fsp3) is 0.833. The predicted octanol–water partition coefficient (Wildman–Crippen LogP) is 1.27. The van der Waals surface area contributed by atoms with Crippen molar-refractivity contribution in [3.63, 3.8) is 0 Å². The third kappa shape index (κ3) is 1.81. The molecule has 1 saturated heterocycles. The minimum Gasteiger partial charge on any atom is -0.342 e. The van der Waals surface area contributed by atoms with E-state index < -0.39 is 0 Å². The van der Waals surface area contributed by atoms with E-state index >= 15 is 0 Å². The molecule has 90 valence electrons. The number of hydrogen-bond acceptors (Lipinski definition) is 2. The van der Waals surface area contributed by atoms with E-state index in [-0.39, 0.29) is 17.5 Å². The molecule has 0 unspecified atom stereocenters. The third-order valence-corrected chi connectivity index (χ3v) is 3.58. The topological polar surface area (TPSA) is 53.5 Å². The summed E-state index contributed by atoms with van der Waals surface area (Å²) in [7, 11) is 0. The molecule has 0 bridgehead atoms. The molecule has 1 saturated carbocycles. The Morgan fingerprint density at radius 3 is 2.44 bits per heavy atom. The molecule has 2 N–H and O–H groups in total. The van der Waals surface area contributed by atoms with Crippen LogP contribution in [0.15, 0.2) is 4.99 Å². The van der Waals surface area contributed by atoms with Crippen molar-refractivity contribution in [1.82, 2.24) is 10.6 Å². The molecule has 1 aliphatic carbocycles. The molecule has 4 heteroatoms. The maximum absolute atomic E-state index is 11.9. The Labute approximate surface area is 96.9 Å². The molecule has 0 radical (unpaired) electrons. The number of amides is 1. The average molecular weight is 223 g/mol. The van der Waals surface area contributed by atoms with E-state index in [0.29, 0.717) is 17.8 Å². The summed E-state index contributed by atoms with van der Waals surface area (Å²) in [5.41, 5.74) is -0.345. The maximum atomic E-state index is 11.9. The first-order chi connectivity index (χ1) is 7.43. The third-order valence-electron chi connectivity index (χ3n) is 3.58. The Kier molecular flexibility index (Phi) is 2.68. The molecule has 0 atom stereocenters. The van der Waals surface area contributed by atoms with E-state index in [0.717, 1.165) is 12.8 Å². The van der Waals surface area contributed by atoms with Gasteiger partial charge in [0.15, 0.2) is 5.96 Å². The molecule has 4 nitrogen and oxygen atoms in total. The number of carbonyl (C=O) groups excluding carboxylic acids is 1. The van der Waals surface area contributed by atoms with E-state index in [2.05, 4.69) is 29.5 Å². The van der Waals surface area contributed by atoms with Crippen molar-refractivity contribution in [3.8, 4) is 0 Å². The molecule has 2 fully saturated rings.